The number of carbonyl (C=O) groups excluding carboxylic acids is 1. The maximum atomic E-state index is 13.7. The van der Waals surface area contributed by atoms with Gasteiger partial charge in [0, 0.05) is 12.1 Å². The number of carboxylic acids is 1. The van der Waals surface area contributed by atoms with Crippen LogP contribution in [0.25, 0.3) is 0 Å². The van der Waals surface area contributed by atoms with Crippen molar-refractivity contribution in [2.24, 2.45) is 0 Å². The van der Waals surface area contributed by atoms with Crippen LogP contribution in [0.15, 0.2) is 42.5 Å². The molecule has 0 aliphatic rings. The highest BCUT2D eigenvalue weighted by Gasteiger charge is 2.39. The van der Waals surface area contributed by atoms with Gasteiger partial charge in [0.15, 0.2) is 0 Å². The smallest absolute Gasteiger partial charge is 0.315 e. The van der Waals surface area contributed by atoms with E-state index in [1.165, 1.54) is 6.92 Å². The van der Waals surface area contributed by atoms with Gasteiger partial charge in [-0.25, -0.2) is 4.39 Å². The van der Waals surface area contributed by atoms with Gasteiger partial charge >= 0.3 is 5.97 Å². The molecule has 8 heteroatoms. The molecule has 0 spiro atoms. The molecular weight excluding hydrogens is 355 g/mol. The molecule has 0 aromatic heterocycles. The molecule has 0 radical (unpaired) electrons. The molecule has 142 valence electrons. The van der Waals surface area contributed by atoms with E-state index in [0.717, 1.165) is 12.1 Å². The topological polar surface area (TPSA) is 110 Å². The fourth-order valence-electron chi connectivity index (χ4n) is 3.02. The van der Waals surface area contributed by atoms with Crippen LogP contribution in [0.3, 0.4) is 0 Å². The molecule has 0 aliphatic heterocycles. The number of nitro groups is 1. The number of rotatable bonds is 7. The van der Waals surface area contributed by atoms with Gasteiger partial charge in [-0.2, -0.15) is 0 Å². The lowest BCUT2D eigenvalue weighted by Crippen LogP contribution is -2.46. The Hall–Kier alpha value is -3.29. The molecule has 0 saturated heterocycles. The fraction of sp³-hybridized carbons (Fsp3) is 0.263. The number of halogens is 1. The maximum absolute atomic E-state index is 13.7. The number of nitrogens with one attached hydrogen (secondary N) is 1. The molecule has 1 amide bonds. The van der Waals surface area contributed by atoms with Crippen LogP contribution < -0.4 is 5.32 Å². The molecule has 0 aliphatic carbocycles. The number of nitrogens with zero attached hydrogens (tertiary/aromatic N) is 1. The van der Waals surface area contributed by atoms with E-state index in [1.807, 2.05) is 0 Å². The summed E-state index contributed by atoms with van der Waals surface area (Å²) >= 11 is 0. The number of hydrogen-bond acceptors (Lipinski definition) is 4. The van der Waals surface area contributed by atoms with E-state index in [1.54, 1.807) is 37.3 Å². The molecule has 2 aromatic rings. The van der Waals surface area contributed by atoms with Crippen LogP contribution in [0.2, 0.25) is 0 Å². The minimum Gasteiger partial charge on any atom is -0.481 e. The van der Waals surface area contributed by atoms with Gasteiger partial charge in [0.1, 0.15) is 16.8 Å². The largest absolute Gasteiger partial charge is 0.481 e. The predicted octanol–water partition coefficient (Wildman–Crippen LogP) is 3.20. The van der Waals surface area contributed by atoms with Gasteiger partial charge in [-0.05, 0) is 31.0 Å². The lowest BCUT2D eigenvalue weighted by atomic mass is 9.78. The van der Waals surface area contributed by atoms with Gasteiger partial charge in [-0.1, -0.05) is 37.3 Å². The van der Waals surface area contributed by atoms with E-state index in [2.05, 4.69) is 5.32 Å². The van der Waals surface area contributed by atoms with Gasteiger partial charge in [-0.3, -0.25) is 19.7 Å². The number of nitro benzene ring substituents is 1. The van der Waals surface area contributed by atoms with Gasteiger partial charge < -0.3 is 10.4 Å². The minimum absolute atomic E-state index is 0.00759. The van der Waals surface area contributed by atoms with Crippen molar-refractivity contribution in [3.63, 3.8) is 0 Å². The molecule has 0 heterocycles. The van der Waals surface area contributed by atoms with Gasteiger partial charge in [0.2, 0.25) is 0 Å². The highest BCUT2D eigenvalue weighted by atomic mass is 19.1. The van der Waals surface area contributed by atoms with Crippen molar-refractivity contribution in [1.29, 1.82) is 0 Å². The van der Waals surface area contributed by atoms with Crippen molar-refractivity contribution in [2.45, 2.75) is 25.7 Å². The number of carboxylic acid groups (broad SMARTS) is 1. The summed E-state index contributed by atoms with van der Waals surface area (Å²) in [4.78, 5) is 35.0. The number of aryl methyl sites for hydroxylation is 1. The van der Waals surface area contributed by atoms with Crippen LogP contribution in [0.5, 0.6) is 0 Å². The normalized spacial score (nSPS) is 12.9. The third-order valence-corrected chi connectivity index (χ3v) is 4.58. The van der Waals surface area contributed by atoms with E-state index in [-0.39, 0.29) is 18.5 Å². The summed E-state index contributed by atoms with van der Waals surface area (Å²) in [6.45, 7) is 2.70. The van der Waals surface area contributed by atoms with Crippen molar-refractivity contribution in [2.75, 3.05) is 6.54 Å². The number of benzene rings is 2. The Morgan fingerprint density at radius 2 is 1.89 bits per heavy atom. The van der Waals surface area contributed by atoms with Crippen molar-refractivity contribution >= 4 is 17.6 Å². The second kappa shape index (κ2) is 7.94. The van der Waals surface area contributed by atoms with E-state index in [4.69, 9.17) is 0 Å². The first-order valence-electron chi connectivity index (χ1n) is 8.24. The van der Waals surface area contributed by atoms with Crippen LogP contribution in [-0.4, -0.2) is 28.5 Å². The standard InChI is InChI=1S/C19H19FN2O5/c1-3-19(18(24)25,13-7-5-4-6-8-13)11-21-17(23)15-10-14(20)9-12(2)16(15)22(26)27/h4-10H,3,11H2,1-2H3,(H,21,23)(H,24,25). The Morgan fingerprint density at radius 1 is 1.26 bits per heavy atom. The molecule has 27 heavy (non-hydrogen) atoms. The molecule has 1 atom stereocenters. The molecule has 2 N–H and O–H groups in total. The molecular formula is C19H19FN2O5. The molecule has 1 unspecified atom stereocenters. The lowest BCUT2D eigenvalue weighted by molar-refractivity contribution is -0.385. The first-order valence-corrected chi connectivity index (χ1v) is 8.24. The third kappa shape index (κ3) is 3.94. The quantitative estimate of drug-likeness (QED) is 0.571. The monoisotopic (exact) mass is 374 g/mol. The number of hydrogen-bond donors (Lipinski definition) is 2. The summed E-state index contributed by atoms with van der Waals surface area (Å²) in [7, 11) is 0. The van der Waals surface area contributed by atoms with Crippen LogP contribution >= 0.6 is 0 Å². The molecule has 0 saturated carbocycles. The summed E-state index contributed by atoms with van der Waals surface area (Å²) < 4.78 is 13.7. The number of aliphatic carboxylic acids is 1. The summed E-state index contributed by atoms with van der Waals surface area (Å²) in [6.07, 6.45) is 0.177. The Kier molecular flexibility index (Phi) is 5.89. The van der Waals surface area contributed by atoms with Crippen LogP contribution in [-0.2, 0) is 10.2 Å². The van der Waals surface area contributed by atoms with Crippen molar-refractivity contribution in [3.05, 3.63) is 75.1 Å². The van der Waals surface area contributed by atoms with Crippen LogP contribution in [0.1, 0.15) is 34.8 Å². The third-order valence-electron chi connectivity index (χ3n) is 4.58. The zero-order chi connectivity index (χ0) is 20.2. The summed E-state index contributed by atoms with van der Waals surface area (Å²) in [5.41, 5.74) is -1.86. The highest BCUT2D eigenvalue weighted by molar-refractivity contribution is 5.99. The van der Waals surface area contributed by atoms with Gasteiger partial charge in [0.25, 0.3) is 11.6 Å². The SMILES string of the molecule is CCC(CNC(=O)c1cc(F)cc(C)c1[N+](=O)[O-])(C(=O)O)c1ccccc1. The second-order valence-corrected chi connectivity index (χ2v) is 6.17. The fourth-order valence-corrected chi connectivity index (χ4v) is 3.02. The Morgan fingerprint density at radius 3 is 2.41 bits per heavy atom. The van der Waals surface area contributed by atoms with Gasteiger partial charge in [0.05, 0.1) is 4.92 Å². The zero-order valence-corrected chi connectivity index (χ0v) is 14.9. The zero-order valence-electron chi connectivity index (χ0n) is 14.9. The molecule has 0 fully saturated rings. The molecule has 7 nitrogen and oxygen atoms in total. The van der Waals surface area contributed by atoms with E-state index < -0.39 is 39.3 Å². The number of carbonyl (C=O) groups is 2. The Bertz CT molecular complexity index is 885. The predicted molar refractivity (Wildman–Crippen MR) is 96.2 cm³/mol. The van der Waals surface area contributed by atoms with E-state index in [0.29, 0.717) is 5.56 Å². The van der Waals surface area contributed by atoms with E-state index in [9.17, 15) is 29.2 Å². The molecule has 0 bridgehead atoms. The lowest BCUT2D eigenvalue weighted by Gasteiger charge is -2.29. The summed E-state index contributed by atoms with van der Waals surface area (Å²) in [6, 6.07) is 10.1. The summed E-state index contributed by atoms with van der Waals surface area (Å²) in [5, 5.41) is 23.5. The molecule has 2 aromatic carbocycles. The average molecular weight is 374 g/mol. The number of amides is 1. The second-order valence-electron chi connectivity index (χ2n) is 6.17. The minimum atomic E-state index is -1.41. The van der Waals surface area contributed by atoms with Crippen LogP contribution in [0, 0.1) is 22.9 Å². The summed E-state index contributed by atoms with van der Waals surface area (Å²) in [5.74, 6) is -2.83. The Balaban J connectivity index is 2.38. The van der Waals surface area contributed by atoms with Crippen LogP contribution in [0.4, 0.5) is 10.1 Å². The van der Waals surface area contributed by atoms with Crippen molar-refractivity contribution in [1.82, 2.24) is 5.32 Å². The van der Waals surface area contributed by atoms with Crippen molar-refractivity contribution < 1.29 is 24.0 Å². The van der Waals surface area contributed by atoms with Crippen molar-refractivity contribution in [3.8, 4) is 0 Å². The van der Waals surface area contributed by atoms with E-state index >= 15 is 0 Å². The Labute approximate surface area is 155 Å². The first-order chi connectivity index (χ1) is 12.7. The highest BCUT2D eigenvalue weighted by Crippen LogP contribution is 2.29. The van der Waals surface area contributed by atoms with Gasteiger partial charge in [-0.15, -0.1) is 0 Å². The molecule has 2 rings (SSSR count). The average Bonchev–Trinajstić information content (AvgIpc) is 2.62. The first kappa shape index (κ1) is 20.0. The maximum Gasteiger partial charge on any atom is 0.315 e.